The van der Waals surface area contributed by atoms with Crippen molar-refractivity contribution in [3.63, 3.8) is 0 Å². The highest BCUT2D eigenvalue weighted by atomic mass is 32.2. The van der Waals surface area contributed by atoms with Crippen LogP contribution in [0, 0.1) is 5.92 Å². The van der Waals surface area contributed by atoms with Gasteiger partial charge in [-0.2, -0.15) is 4.31 Å². The predicted octanol–water partition coefficient (Wildman–Crippen LogP) is 1.25. The van der Waals surface area contributed by atoms with Gasteiger partial charge in [-0.1, -0.05) is 0 Å². The van der Waals surface area contributed by atoms with E-state index in [0.717, 1.165) is 0 Å². The molecule has 1 heterocycles. The van der Waals surface area contributed by atoms with E-state index in [-0.39, 0.29) is 22.8 Å². The van der Waals surface area contributed by atoms with E-state index in [1.807, 2.05) is 6.92 Å². The molecule has 140 valence electrons. The molecule has 1 unspecified atom stereocenters. The maximum atomic E-state index is 12.7. The van der Waals surface area contributed by atoms with Gasteiger partial charge < -0.3 is 14.8 Å². The first-order valence-corrected chi connectivity index (χ1v) is 9.76. The smallest absolute Gasteiger partial charge is 0.243 e. The Morgan fingerprint density at radius 1 is 1.24 bits per heavy atom. The quantitative estimate of drug-likeness (QED) is 0.781. The summed E-state index contributed by atoms with van der Waals surface area (Å²) in [4.78, 5) is 12.5. The zero-order chi connectivity index (χ0) is 18.4. The summed E-state index contributed by atoms with van der Waals surface area (Å²) in [7, 11) is -0.419. The van der Waals surface area contributed by atoms with Crippen LogP contribution < -0.4 is 10.1 Å². The maximum Gasteiger partial charge on any atom is 0.243 e. The van der Waals surface area contributed by atoms with Gasteiger partial charge in [-0.25, -0.2) is 8.42 Å². The molecular formula is C17H26N2O5S. The van der Waals surface area contributed by atoms with Crippen LogP contribution >= 0.6 is 0 Å². The van der Waals surface area contributed by atoms with E-state index in [1.165, 1.54) is 11.4 Å². The molecule has 1 aliphatic rings. The summed E-state index contributed by atoms with van der Waals surface area (Å²) < 4.78 is 36.9. The zero-order valence-corrected chi connectivity index (χ0v) is 15.7. The van der Waals surface area contributed by atoms with Crippen molar-refractivity contribution < 1.29 is 22.7 Å². The second-order valence-corrected chi connectivity index (χ2v) is 8.16. The Hall–Kier alpha value is -1.64. The number of nitrogens with zero attached hydrogens (tertiary/aromatic N) is 1. The van der Waals surface area contributed by atoms with E-state index in [1.54, 1.807) is 31.4 Å². The number of ether oxygens (including phenoxy) is 2. The SMILES string of the molecule is COCC(C)NC(=O)C1CCN(S(=O)(=O)c2ccc(OC)cc2)CC1. The molecule has 0 radical (unpaired) electrons. The number of carbonyl (C=O) groups is 1. The van der Waals surface area contributed by atoms with Crippen LogP contribution in [0.25, 0.3) is 0 Å². The van der Waals surface area contributed by atoms with Crippen molar-refractivity contribution in [1.29, 1.82) is 0 Å². The van der Waals surface area contributed by atoms with Crippen molar-refractivity contribution in [2.75, 3.05) is 33.9 Å². The van der Waals surface area contributed by atoms with Crippen LogP contribution in [0.15, 0.2) is 29.2 Å². The Morgan fingerprint density at radius 2 is 1.84 bits per heavy atom. The minimum atomic E-state index is -3.54. The maximum absolute atomic E-state index is 12.7. The molecule has 1 aromatic carbocycles. The molecule has 1 atom stereocenters. The Balaban J connectivity index is 1.95. The fourth-order valence-electron chi connectivity index (χ4n) is 2.91. The highest BCUT2D eigenvalue weighted by Crippen LogP contribution is 2.25. The minimum absolute atomic E-state index is 0.0361. The molecule has 7 nitrogen and oxygen atoms in total. The molecular weight excluding hydrogens is 344 g/mol. The molecule has 2 rings (SSSR count). The average Bonchev–Trinajstić information content (AvgIpc) is 2.62. The van der Waals surface area contributed by atoms with E-state index < -0.39 is 10.0 Å². The number of hydrogen-bond donors (Lipinski definition) is 1. The standard InChI is InChI=1S/C17H26N2O5S/c1-13(12-23-2)18-17(20)14-8-10-19(11-9-14)25(21,22)16-6-4-15(24-3)5-7-16/h4-7,13-14H,8-12H2,1-3H3,(H,18,20). The molecule has 1 aliphatic heterocycles. The van der Waals surface area contributed by atoms with Gasteiger partial charge in [0.15, 0.2) is 0 Å². The van der Waals surface area contributed by atoms with Gasteiger partial charge >= 0.3 is 0 Å². The van der Waals surface area contributed by atoms with E-state index in [2.05, 4.69) is 5.32 Å². The van der Waals surface area contributed by atoms with Crippen LogP contribution in [-0.2, 0) is 19.6 Å². The third kappa shape index (κ3) is 4.93. The van der Waals surface area contributed by atoms with Gasteiger partial charge in [-0.15, -0.1) is 0 Å². The van der Waals surface area contributed by atoms with Crippen LogP contribution in [0.5, 0.6) is 5.75 Å². The van der Waals surface area contributed by atoms with Crippen LogP contribution in [0.4, 0.5) is 0 Å². The number of sulfonamides is 1. The Kier molecular flexibility index (Phi) is 6.80. The van der Waals surface area contributed by atoms with Gasteiger partial charge in [0.1, 0.15) is 5.75 Å². The molecule has 1 aromatic rings. The second-order valence-electron chi connectivity index (χ2n) is 6.22. The number of benzene rings is 1. The second kappa shape index (κ2) is 8.64. The highest BCUT2D eigenvalue weighted by molar-refractivity contribution is 7.89. The van der Waals surface area contributed by atoms with E-state index in [4.69, 9.17) is 9.47 Å². The molecule has 0 saturated carbocycles. The first-order valence-electron chi connectivity index (χ1n) is 8.32. The minimum Gasteiger partial charge on any atom is -0.497 e. The molecule has 1 N–H and O–H groups in total. The highest BCUT2D eigenvalue weighted by Gasteiger charge is 2.32. The summed E-state index contributed by atoms with van der Waals surface area (Å²) in [6, 6.07) is 6.28. The van der Waals surface area contributed by atoms with Crippen LogP contribution in [0.2, 0.25) is 0 Å². The number of carbonyl (C=O) groups excluding carboxylic acids is 1. The van der Waals surface area contributed by atoms with Crippen molar-refractivity contribution in [3.8, 4) is 5.75 Å². The number of methoxy groups -OCH3 is 2. The molecule has 0 bridgehead atoms. The molecule has 0 spiro atoms. The zero-order valence-electron chi connectivity index (χ0n) is 14.9. The van der Waals surface area contributed by atoms with Crippen molar-refractivity contribution in [2.45, 2.75) is 30.7 Å². The van der Waals surface area contributed by atoms with Crippen LogP contribution in [0.3, 0.4) is 0 Å². The molecule has 0 aliphatic carbocycles. The first kappa shape index (κ1) is 19.7. The van der Waals surface area contributed by atoms with Gasteiger partial charge in [0.05, 0.1) is 18.6 Å². The van der Waals surface area contributed by atoms with Crippen molar-refractivity contribution in [2.24, 2.45) is 5.92 Å². The van der Waals surface area contributed by atoms with E-state index >= 15 is 0 Å². The lowest BCUT2D eigenvalue weighted by molar-refractivity contribution is -0.127. The number of nitrogens with one attached hydrogen (secondary N) is 1. The Bertz CT molecular complexity index is 667. The normalized spacial score (nSPS) is 17.9. The van der Waals surface area contributed by atoms with Gasteiger partial charge in [0.2, 0.25) is 15.9 Å². The molecule has 1 fully saturated rings. The fourth-order valence-corrected chi connectivity index (χ4v) is 4.38. The van der Waals surface area contributed by atoms with E-state index in [9.17, 15) is 13.2 Å². The third-order valence-corrected chi connectivity index (χ3v) is 6.24. The van der Waals surface area contributed by atoms with Crippen molar-refractivity contribution >= 4 is 15.9 Å². The first-order chi connectivity index (χ1) is 11.9. The van der Waals surface area contributed by atoms with Crippen molar-refractivity contribution in [3.05, 3.63) is 24.3 Å². The van der Waals surface area contributed by atoms with Gasteiger partial charge in [-0.3, -0.25) is 4.79 Å². The summed E-state index contributed by atoms with van der Waals surface area (Å²) in [5.74, 6) is 0.409. The molecule has 1 saturated heterocycles. The third-order valence-electron chi connectivity index (χ3n) is 4.33. The number of hydrogen-bond acceptors (Lipinski definition) is 5. The lowest BCUT2D eigenvalue weighted by Crippen LogP contribution is -2.45. The molecule has 0 aromatic heterocycles. The van der Waals surface area contributed by atoms with Gasteiger partial charge in [0, 0.05) is 32.2 Å². The van der Waals surface area contributed by atoms with Gasteiger partial charge in [0.25, 0.3) is 0 Å². The monoisotopic (exact) mass is 370 g/mol. The van der Waals surface area contributed by atoms with Gasteiger partial charge in [-0.05, 0) is 44.0 Å². The predicted molar refractivity (Wildman–Crippen MR) is 94.0 cm³/mol. The summed E-state index contributed by atoms with van der Waals surface area (Å²) in [6.45, 7) is 3.01. The molecule has 8 heteroatoms. The summed E-state index contributed by atoms with van der Waals surface area (Å²) in [6.07, 6.45) is 1.03. The average molecular weight is 370 g/mol. The fraction of sp³-hybridized carbons (Fsp3) is 0.588. The number of piperidine rings is 1. The van der Waals surface area contributed by atoms with E-state index in [0.29, 0.717) is 38.3 Å². The Labute approximate surface area is 149 Å². The lowest BCUT2D eigenvalue weighted by Gasteiger charge is -2.31. The molecule has 1 amide bonds. The lowest BCUT2D eigenvalue weighted by atomic mass is 9.97. The topological polar surface area (TPSA) is 84.9 Å². The van der Waals surface area contributed by atoms with Crippen LogP contribution in [0.1, 0.15) is 19.8 Å². The molecule has 25 heavy (non-hydrogen) atoms. The summed E-state index contributed by atoms with van der Waals surface area (Å²) in [5, 5.41) is 2.90. The largest absolute Gasteiger partial charge is 0.497 e. The number of rotatable bonds is 7. The number of amides is 1. The summed E-state index contributed by atoms with van der Waals surface area (Å²) >= 11 is 0. The van der Waals surface area contributed by atoms with Crippen LogP contribution in [-0.4, -0.2) is 58.6 Å². The Morgan fingerprint density at radius 3 is 2.36 bits per heavy atom. The van der Waals surface area contributed by atoms with Crippen molar-refractivity contribution in [1.82, 2.24) is 9.62 Å². The summed E-state index contributed by atoms with van der Waals surface area (Å²) in [5.41, 5.74) is 0.